The fraction of sp³-hybridized carbons (Fsp3) is 0.200. The molecule has 0 aliphatic heterocycles. The number of rotatable bonds is 6. The third-order valence-electron chi connectivity index (χ3n) is 4.58. The van der Waals surface area contributed by atoms with Crippen LogP contribution >= 0.6 is 0 Å². The fourth-order valence-electron chi connectivity index (χ4n) is 2.96. The van der Waals surface area contributed by atoms with Crippen LogP contribution in [0, 0.1) is 0 Å². The van der Waals surface area contributed by atoms with Crippen LogP contribution in [0.5, 0.6) is 0 Å². The first kappa shape index (κ1) is 19.8. The Morgan fingerprint density at radius 3 is 2.39 bits per heavy atom. The molecule has 0 bridgehead atoms. The Kier molecular flexibility index (Phi) is 5.62. The lowest BCUT2D eigenvalue weighted by Crippen LogP contribution is -2.27. The molecule has 8 heteroatoms. The minimum Gasteiger partial charge on any atom is -0.345 e. The maximum atomic E-state index is 12.8. The van der Waals surface area contributed by atoms with E-state index in [0.717, 1.165) is 16.8 Å². The Balaban J connectivity index is 1.76. The molecule has 7 nitrogen and oxygen atoms in total. The van der Waals surface area contributed by atoms with E-state index in [4.69, 9.17) is 5.14 Å². The first-order chi connectivity index (χ1) is 13.3. The molecule has 146 valence electrons. The summed E-state index contributed by atoms with van der Waals surface area (Å²) in [5.41, 5.74) is 3.20. The van der Waals surface area contributed by atoms with E-state index in [1.165, 1.54) is 12.1 Å². The number of nitrogens with zero attached hydrogens (tertiary/aromatic N) is 2. The van der Waals surface area contributed by atoms with Crippen LogP contribution in [-0.4, -0.2) is 24.1 Å². The zero-order chi connectivity index (χ0) is 20.3. The first-order valence-corrected chi connectivity index (χ1v) is 10.3. The van der Waals surface area contributed by atoms with Crippen molar-refractivity contribution in [3.63, 3.8) is 0 Å². The highest BCUT2D eigenvalue weighted by Gasteiger charge is 2.19. The summed E-state index contributed by atoms with van der Waals surface area (Å²) in [4.78, 5) is 12.8. The van der Waals surface area contributed by atoms with Crippen LogP contribution < -0.4 is 10.5 Å². The van der Waals surface area contributed by atoms with Crippen LogP contribution in [0.15, 0.2) is 65.7 Å². The van der Waals surface area contributed by atoms with Gasteiger partial charge in [-0.2, -0.15) is 5.10 Å². The zero-order valence-electron chi connectivity index (χ0n) is 15.7. The van der Waals surface area contributed by atoms with Crippen LogP contribution in [0.2, 0.25) is 0 Å². The van der Waals surface area contributed by atoms with Gasteiger partial charge in [0.05, 0.1) is 28.4 Å². The van der Waals surface area contributed by atoms with E-state index < -0.39 is 10.0 Å². The maximum absolute atomic E-state index is 12.8. The van der Waals surface area contributed by atoms with E-state index in [1.807, 2.05) is 44.3 Å². The van der Waals surface area contributed by atoms with Crippen molar-refractivity contribution >= 4 is 15.9 Å². The summed E-state index contributed by atoms with van der Waals surface area (Å²) < 4.78 is 24.4. The Hall–Kier alpha value is -2.97. The van der Waals surface area contributed by atoms with Gasteiger partial charge in [-0.05, 0) is 30.2 Å². The quantitative estimate of drug-likeness (QED) is 0.663. The first-order valence-electron chi connectivity index (χ1n) is 8.74. The second-order valence-electron chi connectivity index (χ2n) is 6.60. The minimum absolute atomic E-state index is 0.0344. The highest BCUT2D eigenvalue weighted by molar-refractivity contribution is 7.89. The number of nitrogens with one attached hydrogen (secondary N) is 1. The number of primary sulfonamides is 1. The molecule has 0 aliphatic rings. The van der Waals surface area contributed by atoms with E-state index in [0.29, 0.717) is 12.0 Å². The van der Waals surface area contributed by atoms with Gasteiger partial charge in [-0.3, -0.25) is 9.48 Å². The van der Waals surface area contributed by atoms with Crippen LogP contribution in [0.25, 0.3) is 0 Å². The van der Waals surface area contributed by atoms with Crippen molar-refractivity contribution in [2.75, 3.05) is 0 Å². The predicted octanol–water partition coefficient (Wildman–Crippen LogP) is 2.15. The topological polar surface area (TPSA) is 107 Å². The average molecular weight is 398 g/mol. The molecular formula is C20H22N4O3S. The van der Waals surface area contributed by atoms with Crippen LogP contribution in [-0.2, 0) is 23.5 Å². The van der Waals surface area contributed by atoms with Gasteiger partial charge >= 0.3 is 0 Å². The summed E-state index contributed by atoms with van der Waals surface area (Å²) in [5, 5.41) is 12.3. The van der Waals surface area contributed by atoms with E-state index in [1.54, 1.807) is 23.0 Å². The van der Waals surface area contributed by atoms with Crippen molar-refractivity contribution in [1.82, 2.24) is 15.1 Å². The van der Waals surface area contributed by atoms with E-state index in [2.05, 4.69) is 10.4 Å². The largest absolute Gasteiger partial charge is 0.345 e. The van der Waals surface area contributed by atoms with Crippen molar-refractivity contribution in [3.8, 4) is 0 Å². The van der Waals surface area contributed by atoms with Crippen molar-refractivity contribution in [2.24, 2.45) is 12.2 Å². The molecule has 3 N–H and O–H groups in total. The molecule has 0 saturated heterocycles. The maximum Gasteiger partial charge on any atom is 0.255 e. The number of sulfonamides is 1. The lowest BCUT2D eigenvalue weighted by Gasteiger charge is -2.15. The SMILES string of the molecule is C[C@H](NC(=O)c1cnn(C)c1Cc1ccccc1)c1ccc(S(N)(=O)=O)cc1. The highest BCUT2D eigenvalue weighted by Crippen LogP contribution is 2.18. The predicted molar refractivity (Wildman–Crippen MR) is 106 cm³/mol. The van der Waals surface area contributed by atoms with E-state index in [9.17, 15) is 13.2 Å². The van der Waals surface area contributed by atoms with E-state index >= 15 is 0 Å². The van der Waals surface area contributed by atoms with Gasteiger partial charge < -0.3 is 5.32 Å². The Bertz CT molecular complexity index is 1070. The fourth-order valence-corrected chi connectivity index (χ4v) is 3.47. The molecule has 1 aromatic heterocycles. The Morgan fingerprint density at radius 1 is 1.14 bits per heavy atom. The number of hydrogen-bond donors (Lipinski definition) is 2. The third-order valence-corrected chi connectivity index (χ3v) is 5.51. The van der Waals surface area contributed by atoms with Gasteiger partial charge in [0.15, 0.2) is 0 Å². The number of nitrogens with two attached hydrogens (primary N) is 1. The number of aryl methyl sites for hydroxylation is 1. The molecule has 28 heavy (non-hydrogen) atoms. The van der Waals surface area contributed by atoms with Crippen molar-refractivity contribution in [3.05, 3.63) is 83.2 Å². The average Bonchev–Trinajstić information content (AvgIpc) is 3.02. The molecule has 0 saturated carbocycles. The molecule has 1 amide bonds. The second kappa shape index (κ2) is 7.95. The zero-order valence-corrected chi connectivity index (χ0v) is 16.5. The summed E-state index contributed by atoms with van der Waals surface area (Å²) in [6, 6.07) is 15.7. The van der Waals surface area contributed by atoms with Gasteiger partial charge in [-0.1, -0.05) is 42.5 Å². The van der Waals surface area contributed by atoms with Crippen LogP contribution in [0.3, 0.4) is 0 Å². The lowest BCUT2D eigenvalue weighted by atomic mass is 10.1. The van der Waals surface area contributed by atoms with E-state index in [-0.39, 0.29) is 16.8 Å². The molecule has 3 aromatic rings. The Labute approximate surface area is 164 Å². The number of amides is 1. The molecule has 0 fully saturated rings. The molecule has 3 rings (SSSR count). The summed E-state index contributed by atoms with van der Waals surface area (Å²) in [6.45, 7) is 1.83. The normalized spacial score (nSPS) is 12.5. The van der Waals surface area contributed by atoms with Gasteiger partial charge in [0.25, 0.3) is 5.91 Å². The highest BCUT2D eigenvalue weighted by atomic mass is 32.2. The number of carbonyl (C=O) groups excluding carboxylic acids is 1. The third kappa shape index (κ3) is 4.47. The molecule has 2 aromatic carbocycles. The van der Waals surface area contributed by atoms with Crippen molar-refractivity contribution < 1.29 is 13.2 Å². The number of aromatic nitrogens is 2. The summed E-state index contributed by atoms with van der Waals surface area (Å²) >= 11 is 0. The standard InChI is InChI=1S/C20H22N4O3S/c1-14(16-8-10-17(11-9-16)28(21,26)27)23-20(25)18-13-22-24(2)19(18)12-15-6-4-3-5-7-15/h3-11,13-14H,12H2,1-2H3,(H,23,25)(H2,21,26,27)/t14-/m0/s1. The minimum atomic E-state index is -3.74. The second-order valence-corrected chi connectivity index (χ2v) is 8.16. The monoisotopic (exact) mass is 398 g/mol. The van der Waals surface area contributed by atoms with Gasteiger partial charge in [-0.15, -0.1) is 0 Å². The molecule has 0 aliphatic carbocycles. The van der Waals surface area contributed by atoms with Crippen molar-refractivity contribution in [2.45, 2.75) is 24.3 Å². The molecular weight excluding hydrogens is 376 g/mol. The molecule has 0 radical (unpaired) electrons. The smallest absolute Gasteiger partial charge is 0.255 e. The van der Waals surface area contributed by atoms with Crippen LogP contribution in [0.1, 0.15) is 40.1 Å². The van der Waals surface area contributed by atoms with Gasteiger partial charge in [-0.25, -0.2) is 13.6 Å². The van der Waals surface area contributed by atoms with Gasteiger partial charge in [0, 0.05) is 13.5 Å². The lowest BCUT2D eigenvalue weighted by molar-refractivity contribution is 0.0939. The van der Waals surface area contributed by atoms with Crippen LogP contribution in [0.4, 0.5) is 0 Å². The number of carbonyl (C=O) groups is 1. The number of benzene rings is 2. The molecule has 0 unspecified atom stereocenters. The number of hydrogen-bond acceptors (Lipinski definition) is 4. The molecule has 1 heterocycles. The van der Waals surface area contributed by atoms with Gasteiger partial charge in [0.2, 0.25) is 10.0 Å². The Morgan fingerprint density at radius 2 is 1.79 bits per heavy atom. The van der Waals surface area contributed by atoms with Gasteiger partial charge in [0.1, 0.15) is 0 Å². The summed E-state index contributed by atoms with van der Waals surface area (Å²) in [6.07, 6.45) is 2.15. The van der Waals surface area contributed by atoms with Crippen molar-refractivity contribution in [1.29, 1.82) is 0 Å². The molecule has 1 atom stereocenters. The molecule has 0 spiro atoms. The summed E-state index contributed by atoms with van der Waals surface area (Å²) in [7, 11) is -1.93. The summed E-state index contributed by atoms with van der Waals surface area (Å²) in [5.74, 6) is -0.234.